The molecule has 1 aromatic carbocycles. The summed E-state index contributed by atoms with van der Waals surface area (Å²) in [6.45, 7) is 4.87. The molecule has 0 spiro atoms. The summed E-state index contributed by atoms with van der Waals surface area (Å²) in [6.07, 6.45) is 0.880. The Hall–Kier alpha value is -0.970. The van der Waals surface area contributed by atoms with E-state index in [-0.39, 0.29) is 6.04 Å². The van der Waals surface area contributed by atoms with E-state index in [9.17, 15) is 0 Å². The first-order valence-electron chi connectivity index (χ1n) is 5.13. The van der Waals surface area contributed by atoms with Gasteiger partial charge in [-0.2, -0.15) is 0 Å². The third kappa shape index (κ3) is 3.95. The van der Waals surface area contributed by atoms with Gasteiger partial charge in [0, 0.05) is 24.0 Å². The van der Waals surface area contributed by atoms with Crippen LogP contribution in [0.5, 0.6) is 0 Å². The Morgan fingerprint density at radius 1 is 1.40 bits per heavy atom. The summed E-state index contributed by atoms with van der Waals surface area (Å²) in [5.74, 6) is 5.90. The van der Waals surface area contributed by atoms with Gasteiger partial charge in [0.25, 0.3) is 0 Å². The summed E-state index contributed by atoms with van der Waals surface area (Å²) in [5, 5.41) is 4.21. The molecule has 0 bridgehead atoms. The first kappa shape index (κ1) is 12.1. The van der Waals surface area contributed by atoms with Gasteiger partial charge in [0.15, 0.2) is 0 Å². The van der Waals surface area contributed by atoms with E-state index >= 15 is 0 Å². The lowest BCUT2D eigenvalue weighted by atomic mass is 10.1. The maximum atomic E-state index is 6.09. The molecule has 0 unspecified atom stereocenters. The van der Waals surface area contributed by atoms with Crippen LogP contribution in [0.3, 0.4) is 0 Å². The fourth-order valence-electron chi connectivity index (χ4n) is 1.41. The zero-order valence-corrected chi connectivity index (χ0v) is 9.93. The van der Waals surface area contributed by atoms with Gasteiger partial charge in [0.1, 0.15) is 0 Å². The van der Waals surface area contributed by atoms with Crippen LogP contribution in [0.4, 0.5) is 0 Å². The molecule has 1 atom stereocenters. The Morgan fingerprint density at radius 2 is 2.13 bits per heavy atom. The molecule has 15 heavy (non-hydrogen) atoms. The van der Waals surface area contributed by atoms with E-state index in [1.54, 1.807) is 0 Å². The van der Waals surface area contributed by atoms with E-state index < -0.39 is 0 Å². The van der Waals surface area contributed by atoms with Crippen molar-refractivity contribution in [1.29, 1.82) is 0 Å². The highest BCUT2D eigenvalue weighted by Crippen LogP contribution is 2.21. The van der Waals surface area contributed by atoms with Crippen LogP contribution in [0.15, 0.2) is 24.3 Å². The SMILES string of the molecule is CC#CCCN[C@@H](C)c1ccccc1Cl. The summed E-state index contributed by atoms with van der Waals surface area (Å²) in [6, 6.07) is 8.19. The van der Waals surface area contributed by atoms with Crippen molar-refractivity contribution in [3.63, 3.8) is 0 Å². The van der Waals surface area contributed by atoms with Crippen molar-refractivity contribution < 1.29 is 0 Å². The summed E-state index contributed by atoms with van der Waals surface area (Å²) in [5.41, 5.74) is 1.14. The highest BCUT2D eigenvalue weighted by Gasteiger charge is 2.06. The Kier molecular flexibility index (Phi) is 5.25. The second-order valence-electron chi connectivity index (χ2n) is 3.37. The van der Waals surface area contributed by atoms with Gasteiger partial charge in [0.05, 0.1) is 0 Å². The van der Waals surface area contributed by atoms with Crippen LogP contribution < -0.4 is 5.32 Å². The second kappa shape index (κ2) is 6.50. The molecule has 0 aliphatic rings. The van der Waals surface area contributed by atoms with Crippen LogP contribution in [0.25, 0.3) is 0 Å². The van der Waals surface area contributed by atoms with Gasteiger partial charge in [-0.3, -0.25) is 0 Å². The monoisotopic (exact) mass is 221 g/mol. The second-order valence-corrected chi connectivity index (χ2v) is 3.78. The minimum absolute atomic E-state index is 0.275. The Bertz CT molecular complexity index is 362. The molecule has 1 rings (SSSR count). The van der Waals surface area contributed by atoms with Crippen LogP contribution in [-0.4, -0.2) is 6.54 Å². The quantitative estimate of drug-likeness (QED) is 0.607. The average molecular weight is 222 g/mol. The van der Waals surface area contributed by atoms with Crippen molar-refractivity contribution in [3.8, 4) is 11.8 Å². The summed E-state index contributed by atoms with van der Waals surface area (Å²) in [7, 11) is 0. The van der Waals surface area contributed by atoms with Gasteiger partial charge in [-0.05, 0) is 25.5 Å². The average Bonchev–Trinajstić information content (AvgIpc) is 2.25. The molecule has 0 aliphatic carbocycles. The molecule has 0 radical (unpaired) electrons. The van der Waals surface area contributed by atoms with Crippen LogP contribution in [-0.2, 0) is 0 Å². The lowest BCUT2D eigenvalue weighted by Gasteiger charge is -2.14. The molecule has 2 heteroatoms. The third-order valence-corrected chi connectivity index (χ3v) is 2.59. The Balaban J connectivity index is 2.49. The predicted octanol–water partition coefficient (Wildman–Crippen LogP) is 3.40. The van der Waals surface area contributed by atoms with Gasteiger partial charge < -0.3 is 5.32 Å². The topological polar surface area (TPSA) is 12.0 Å². The van der Waals surface area contributed by atoms with Crippen molar-refractivity contribution in [2.24, 2.45) is 0 Å². The molecular formula is C13H16ClN. The summed E-state index contributed by atoms with van der Waals surface area (Å²) in [4.78, 5) is 0. The zero-order chi connectivity index (χ0) is 11.1. The summed E-state index contributed by atoms with van der Waals surface area (Å²) < 4.78 is 0. The molecule has 1 N–H and O–H groups in total. The molecule has 0 heterocycles. The van der Waals surface area contributed by atoms with E-state index in [2.05, 4.69) is 24.1 Å². The van der Waals surface area contributed by atoms with Crippen LogP contribution >= 0.6 is 11.6 Å². The zero-order valence-electron chi connectivity index (χ0n) is 9.18. The molecule has 0 saturated carbocycles. The molecule has 1 nitrogen and oxygen atoms in total. The number of benzene rings is 1. The minimum atomic E-state index is 0.275. The Labute approximate surface area is 96.8 Å². The molecule has 1 aromatic rings. The van der Waals surface area contributed by atoms with Crippen LogP contribution in [0, 0.1) is 11.8 Å². The normalized spacial score (nSPS) is 11.7. The highest BCUT2D eigenvalue weighted by molar-refractivity contribution is 6.31. The van der Waals surface area contributed by atoms with E-state index in [1.807, 2.05) is 31.2 Å². The van der Waals surface area contributed by atoms with E-state index in [1.165, 1.54) is 0 Å². The fraction of sp³-hybridized carbons (Fsp3) is 0.385. The number of nitrogens with one attached hydrogen (secondary N) is 1. The van der Waals surface area contributed by atoms with Gasteiger partial charge >= 0.3 is 0 Å². The Morgan fingerprint density at radius 3 is 2.80 bits per heavy atom. The van der Waals surface area contributed by atoms with E-state index in [4.69, 9.17) is 11.6 Å². The number of hydrogen-bond donors (Lipinski definition) is 1. The third-order valence-electron chi connectivity index (χ3n) is 2.25. The highest BCUT2D eigenvalue weighted by atomic mass is 35.5. The largest absolute Gasteiger partial charge is 0.309 e. The molecule has 80 valence electrons. The van der Waals surface area contributed by atoms with Gasteiger partial charge in [-0.25, -0.2) is 0 Å². The fourth-order valence-corrected chi connectivity index (χ4v) is 1.71. The van der Waals surface area contributed by atoms with Crippen molar-refractivity contribution in [3.05, 3.63) is 34.9 Å². The van der Waals surface area contributed by atoms with Crippen molar-refractivity contribution in [1.82, 2.24) is 5.32 Å². The maximum absolute atomic E-state index is 6.09. The number of hydrogen-bond acceptors (Lipinski definition) is 1. The molecular weight excluding hydrogens is 206 g/mol. The van der Waals surface area contributed by atoms with Gasteiger partial charge in [0.2, 0.25) is 0 Å². The van der Waals surface area contributed by atoms with Crippen LogP contribution in [0.1, 0.15) is 31.9 Å². The lowest BCUT2D eigenvalue weighted by Crippen LogP contribution is -2.19. The van der Waals surface area contributed by atoms with Crippen molar-refractivity contribution in [2.75, 3.05) is 6.54 Å². The lowest BCUT2D eigenvalue weighted by molar-refractivity contribution is 0.584. The van der Waals surface area contributed by atoms with Crippen molar-refractivity contribution in [2.45, 2.75) is 26.3 Å². The summed E-state index contributed by atoms with van der Waals surface area (Å²) >= 11 is 6.09. The van der Waals surface area contributed by atoms with Crippen LogP contribution in [0.2, 0.25) is 5.02 Å². The van der Waals surface area contributed by atoms with Gasteiger partial charge in [-0.1, -0.05) is 29.8 Å². The standard InChI is InChI=1S/C13H16ClN/c1-3-4-7-10-15-11(2)12-8-5-6-9-13(12)14/h5-6,8-9,11,15H,7,10H2,1-2H3/t11-/m0/s1. The first-order valence-corrected chi connectivity index (χ1v) is 5.51. The maximum Gasteiger partial charge on any atom is 0.0453 e. The van der Waals surface area contributed by atoms with Gasteiger partial charge in [-0.15, -0.1) is 11.8 Å². The molecule has 0 fully saturated rings. The van der Waals surface area contributed by atoms with E-state index in [0.29, 0.717) is 0 Å². The molecule has 0 amide bonds. The molecule has 0 aromatic heterocycles. The predicted molar refractivity (Wildman–Crippen MR) is 65.9 cm³/mol. The van der Waals surface area contributed by atoms with Crippen molar-refractivity contribution >= 4 is 11.6 Å². The number of rotatable bonds is 4. The minimum Gasteiger partial charge on any atom is -0.309 e. The number of halogens is 1. The molecule has 0 saturated heterocycles. The smallest absolute Gasteiger partial charge is 0.0453 e. The molecule has 0 aliphatic heterocycles. The first-order chi connectivity index (χ1) is 7.25. The van der Waals surface area contributed by atoms with E-state index in [0.717, 1.165) is 23.6 Å².